The van der Waals surface area contributed by atoms with Gasteiger partial charge in [0.1, 0.15) is 6.61 Å². The standard InChI is InChI=1S/C14H16INO4/c15-10-14(7-4-8-16(14)13(18)19)12(17)20-9-11-5-2-1-3-6-11/h1-3,5-6H,4,7-10H2,(H,18,19)/t14-/m1/s1. The molecule has 1 aliphatic rings. The van der Waals surface area contributed by atoms with Gasteiger partial charge in [0.25, 0.3) is 0 Å². The van der Waals surface area contributed by atoms with Gasteiger partial charge in [-0.25, -0.2) is 9.59 Å². The van der Waals surface area contributed by atoms with Crippen LogP contribution in [0.25, 0.3) is 0 Å². The van der Waals surface area contributed by atoms with Gasteiger partial charge in [0.05, 0.1) is 0 Å². The molecule has 0 aromatic heterocycles. The molecule has 1 fully saturated rings. The highest BCUT2D eigenvalue weighted by atomic mass is 127. The average molecular weight is 389 g/mol. The number of nitrogens with zero attached hydrogens (tertiary/aromatic N) is 1. The Hall–Kier alpha value is -1.31. The number of hydrogen-bond donors (Lipinski definition) is 1. The summed E-state index contributed by atoms with van der Waals surface area (Å²) in [5, 5.41) is 9.23. The van der Waals surface area contributed by atoms with E-state index in [1.807, 2.05) is 30.3 Å². The smallest absolute Gasteiger partial charge is 0.408 e. The van der Waals surface area contributed by atoms with Crippen LogP contribution >= 0.6 is 22.6 Å². The molecule has 5 nitrogen and oxygen atoms in total. The molecule has 1 amide bonds. The first-order chi connectivity index (χ1) is 9.60. The molecular formula is C14H16INO4. The second-order valence-corrected chi connectivity index (χ2v) is 5.53. The molecule has 1 heterocycles. The number of carbonyl (C=O) groups excluding carboxylic acids is 1. The number of alkyl halides is 1. The lowest BCUT2D eigenvalue weighted by atomic mass is 9.99. The van der Waals surface area contributed by atoms with Gasteiger partial charge in [-0.15, -0.1) is 0 Å². The molecular weight excluding hydrogens is 373 g/mol. The quantitative estimate of drug-likeness (QED) is 0.489. The third-order valence-electron chi connectivity index (χ3n) is 3.53. The van der Waals surface area contributed by atoms with E-state index in [4.69, 9.17) is 4.74 Å². The summed E-state index contributed by atoms with van der Waals surface area (Å²) in [5.41, 5.74) is -0.134. The molecule has 0 unspecified atom stereocenters. The molecule has 1 aromatic carbocycles. The number of likely N-dealkylation sites (tertiary alicyclic amines) is 1. The largest absolute Gasteiger partial charge is 0.465 e. The Labute approximate surface area is 131 Å². The minimum absolute atomic E-state index is 0.172. The van der Waals surface area contributed by atoms with Crippen LogP contribution in [-0.4, -0.2) is 38.6 Å². The number of esters is 1. The Bertz CT molecular complexity index is 493. The minimum Gasteiger partial charge on any atom is -0.465 e. The highest BCUT2D eigenvalue weighted by molar-refractivity contribution is 14.1. The third kappa shape index (κ3) is 2.89. The topological polar surface area (TPSA) is 66.8 Å². The van der Waals surface area contributed by atoms with Crippen molar-refractivity contribution in [1.82, 2.24) is 4.90 Å². The molecule has 20 heavy (non-hydrogen) atoms. The van der Waals surface area contributed by atoms with Gasteiger partial charge in [-0.2, -0.15) is 0 Å². The van der Waals surface area contributed by atoms with Crippen LogP contribution in [0.3, 0.4) is 0 Å². The van der Waals surface area contributed by atoms with Crippen LogP contribution in [0.2, 0.25) is 0 Å². The number of carbonyl (C=O) groups is 2. The Kier molecular flexibility index (Phi) is 4.85. The van der Waals surface area contributed by atoms with Crippen LogP contribution in [0.1, 0.15) is 18.4 Å². The zero-order valence-corrected chi connectivity index (χ0v) is 13.1. The second kappa shape index (κ2) is 6.43. The van der Waals surface area contributed by atoms with Crippen LogP contribution in [0.5, 0.6) is 0 Å². The molecule has 1 atom stereocenters. The minimum atomic E-state index is -1.06. The third-order valence-corrected chi connectivity index (χ3v) is 4.80. The van der Waals surface area contributed by atoms with Crippen molar-refractivity contribution in [2.75, 3.05) is 11.0 Å². The van der Waals surface area contributed by atoms with Crippen molar-refractivity contribution in [1.29, 1.82) is 0 Å². The van der Waals surface area contributed by atoms with Crippen molar-refractivity contribution in [2.24, 2.45) is 0 Å². The monoisotopic (exact) mass is 389 g/mol. The SMILES string of the molecule is O=C(O)N1CCC[C@@]1(CI)C(=O)OCc1ccccc1. The normalized spacial score (nSPS) is 21.8. The molecule has 0 saturated carbocycles. The summed E-state index contributed by atoms with van der Waals surface area (Å²) in [4.78, 5) is 24.8. The summed E-state index contributed by atoms with van der Waals surface area (Å²) in [5.74, 6) is -0.448. The number of amides is 1. The lowest BCUT2D eigenvalue weighted by Gasteiger charge is -2.32. The number of carboxylic acid groups (broad SMARTS) is 1. The van der Waals surface area contributed by atoms with Crippen LogP contribution < -0.4 is 0 Å². The van der Waals surface area contributed by atoms with Crippen LogP contribution in [0.15, 0.2) is 30.3 Å². The summed E-state index contributed by atoms with van der Waals surface area (Å²) in [7, 11) is 0. The molecule has 0 radical (unpaired) electrons. The van der Waals surface area contributed by atoms with E-state index in [0.717, 1.165) is 5.56 Å². The molecule has 2 rings (SSSR count). The summed E-state index contributed by atoms with van der Waals surface area (Å²) < 4.78 is 5.75. The fraction of sp³-hybridized carbons (Fsp3) is 0.429. The number of halogens is 1. The predicted molar refractivity (Wildman–Crippen MR) is 81.8 cm³/mol. The van der Waals surface area contributed by atoms with E-state index in [1.54, 1.807) is 0 Å². The van der Waals surface area contributed by atoms with Gasteiger partial charge < -0.3 is 9.84 Å². The molecule has 0 bridgehead atoms. The van der Waals surface area contributed by atoms with E-state index in [0.29, 0.717) is 23.8 Å². The number of rotatable bonds is 4. The van der Waals surface area contributed by atoms with E-state index in [2.05, 4.69) is 22.6 Å². The van der Waals surface area contributed by atoms with Crippen LogP contribution in [0, 0.1) is 0 Å². The van der Waals surface area contributed by atoms with Gasteiger partial charge in [0.15, 0.2) is 5.54 Å². The number of ether oxygens (including phenoxy) is 1. The molecule has 1 N–H and O–H groups in total. The van der Waals surface area contributed by atoms with Gasteiger partial charge in [-0.3, -0.25) is 4.90 Å². The maximum absolute atomic E-state index is 12.4. The fourth-order valence-corrected chi connectivity index (χ4v) is 3.53. The second-order valence-electron chi connectivity index (χ2n) is 4.76. The molecule has 1 saturated heterocycles. The molecule has 6 heteroatoms. The Balaban J connectivity index is 2.07. The summed E-state index contributed by atoms with van der Waals surface area (Å²) in [6, 6.07) is 9.37. The summed E-state index contributed by atoms with van der Waals surface area (Å²) >= 11 is 2.05. The van der Waals surface area contributed by atoms with Crippen molar-refractivity contribution >= 4 is 34.7 Å². The van der Waals surface area contributed by atoms with Crippen molar-refractivity contribution in [2.45, 2.75) is 25.0 Å². The highest BCUT2D eigenvalue weighted by Crippen LogP contribution is 2.33. The first-order valence-electron chi connectivity index (χ1n) is 6.38. The Morgan fingerprint density at radius 2 is 2.05 bits per heavy atom. The van der Waals surface area contributed by atoms with Gasteiger partial charge in [-0.1, -0.05) is 52.9 Å². The van der Waals surface area contributed by atoms with Crippen molar-refractivity contribution < 1.29 is 19.4 Å². The lowest BCUT2D eigenvalue weighted by Crippen LogP contribution is -2.54. The molecule has 108 valence electrons. The summed E-state index contributed by atoms with van der Waals surface area (Å²) in [6.45, 7) is 0.560. The lowest BCUT2D eigenvalue weighted by molar-refractivity contribution is -0.155. The summed E-state index contributed by atoms with van der Waals surface area (Å²) in [6.07, 6.45) is 0.154. The van der Waals surface area contributed by atoms with Crippen molar-refractivity contribution in [3.63, 3.8) is 0 Å². The van der Waals surface area contributed by atoms with Gasteiger partial charge in [0.2, 0.25) is 0 Å². The Morgan fingerprint density at radius 1 is 1.35 bits per heavy atom. The Morgan fingerprint density at radius 3 is 2.65 bits per heavy atom. The fourth-order valence-electron chi connectivity index (χ4n) is 2.42. The van der Waals surface area contributed by atoms with Crippen LogP contribution in [-0.2, 0) is 16.1 Å². The van der Waals surface area contributed by atoms with E-state index >= 15 is 0 Å². The van der Waals surface area contributed by atoms with E-state index < -0.39 is 17.6 Å². The zero-order chi connectivity index (χ0) is 14.6. The first kappa shape index (κ1) is 15.1. The maximum atomic E-state index is 12.4. The first-order valence-corrected chi connectivity index (χ1v) is 7.90. The number of hydrogen-bond acceptors (Lipinski definition) is 3. The average Bonchev–Trinajstić information content (AvgIpc) is 2.91. The molecule has 1 aliphatic heterocycles. The zero-order valence-electron chi connectivity index (χ0n) is 10.9. The molecule has 0 aliphatic carbocycles. The van der Waals surface area contributed by atoms with Gasteiger partial charge in [-0.05, 0) is 18.4 Å². The van der Waals surface area contributed by atoms with Gasteiger partial charge >= 0.3 is 12.1 Å². The van der Waals surface area contributed by atoms with E-state index in [-0.39, 0.29) is 6.61 Å². The maximum Gasteiger partial charge on any atom is 0.408 e. The van der Waals surface area contributed by atoms with Crippen molar-refractivity contribution in [3.05, 3.63) is 35.9 Å². The van der Waals surface area contributed by atoms with Crippen LogP contribution in [0.4, 0.5) is 4.79 Å². The molecule has 1 aromatic rings. The van der Waals surface area contributed by atoms with Gasteiger partial charge in [0, 0.05) is 11.0 Å². The highest BCUT2D eigenvalue weighted by Gasteiger charge is 2.50. The van der Waals surface area contributed by atoms with E-state index in [9.17, 15) is 14.7 Å². The number of benzene rings is 1. The van der Waals surface area contributed by atoms with Crippen molar-refractivity contribution in [3.8, 4) is 0 Å². The molecule has 0 spiro atoms. The van der Waals surface area contributed by atoms with E-state index in [1.165, 1.54) is 4.90 Å². The predicted octanol–water partition coefficient (Wildman–Crippen LogP) is 2.68.